The van der Waals surface area contributed by atoms with Gasteiger partial charge in [0.1, 0.15) is 0 Å². The number of aromatic nitrogens is 5. The van der Waals surface area contributed by atoms with Crippen molar-refractivity contribution < 1.29 is 0 Å². The van der Waals surface area contributed by atoms with Crippen molar-refractivity contribution in [3.63, 3.8) is 0 Å². The van der Waals surface area contributed by atoms with E-state index in [1.165, 1.54) is 0 Å². The molecule has 0 aromatic carbocycles. The van der Waals surface area contributed by atoms with Crippen molar-refractivity contribution in [1.82, 2.24) is 24.5 Å². The molecular weight excluding hydrogens is 264 g/mol. The van der Waals surface area contributed by atoms with E-state index in [-0.39, 0.29) is 0 Å². The van der Waals surface area contributed by atoms with Gasteiger partial charge in [0.2, 0.25) is 0 Å². The van der Waals surface area contributed by atoms with Crippen LogP contribution in [0.15, 0.2) is 12.3 Å². The predicted molar refractivity (Wildman–Crippen MR) is 83.3 cm³/mol. The summed E-state index contributed by atoms with van der Waals surface area (Å²) < 4.78 is 3.71. The van der Waals surface area contributed by atoms with Gasteiger partial charge in [-0.25, -0.2) is 4.98 Å². The van der Waals surface area contributed by atoms with E-state index in [0.717, 1.165) is 45.9 Å². The van der Waals surface area contributed by atoms with Crippen molar-refractivity contribution in [3.8, 4) is 0 Å². The maximum Gasteiger partial charge on any atom is 0.157 e. The van der Waals surface area contributed by atoms with Gasteiger partial charge in [0.15, 0.2) is 5.65 Å². The molecule has 0 atom stereocenters. The average molecular weight is 284 g/mol. The van der Waals surface area contributed by atoms with Gasteiger partial charge < -0.3 is 5.32 Å². The van der Waals surface area contributed by atoms with E-state index < -0.39 is 0 Å². The van der Waals surface area contributed by atoms with Crippen molar-refractivity contribution in [3.05, 3.63) is 34.9 Å². The molecule has 0 fully saturated rings. The first kappa shape index (κ1) is 13.6. The van der Waals surface area contributed by atoms with E-state index in [1.54, 1.807) is 0 Å². The number of nitrogens with one attached hydrogen (secondary N) is 1. The maximum absolute atomic E-state index is 4.50. The highest BCUT2D eigenvalue weighted by molar-refractivity contribution is 5.78. The van der Waals surface area contributed by atoms with E-state index in [4.69, 9.17) is 0 Å². The second-order valence-corrected chi connectivity index (χ2v) is 5.45. The van der Waals surface area contributed by atoms with Gasteiger partial charge >= 0.3 is 0 Å². The zero-order valence-electron chi connectivity index (χ0n) is 13.1. The summed E-state index contributed by atoms with van der Waals surface area (Å²) in [5, 5.41) is 13.4. The van der Waals surface area contributed by atoms with E-state index in [2.05, 4.69) is 33.5 Å². The Labute approximate surface area is 123 Å². The van der Waals surface area contributed by atoms with Crippen LogP contribution < -0.4 is 5.32 Å². The van der Waals surface area contributed by atoms with Crippen LogP contribution in [-0.4, -0.2) is 24.5 Å². The van der Waals surface area contributed by atoms with Crippen molar-refractivity contribution in [2.45, 2.75) is 27.3 Å². The molecular formula is C15H20N6. The third-order valence-electron chi connectivity index (χ3n) is 3.90. The zero-order chi connectivity index (χ0) is 15.1. The molecule has 0 unspecified atom stereocenters. The fourth-order valence-corrected chi connectivity index (χ4v) is 2.67. The summed E-state index contributed by atoms with van der Waals surface area (Å²) in [7, 11) is 3.88. The van der Waals surface area contributed by atoms with Crippen molar-refractivity contribution in [2.75, 3.05) is 5.32 Å². The minimum absolute atomic E-state index is 0.727. The highest BCUT2D eigenvalue weighted by atomic mass is 15.3. The Morgan fingerprint density at radius 1 is 1.05 bits per heavy atom. The summed E-state index contributed by atoms with van der Waals surface area (Å²) in [4.78, 5) is 4.50. The highest BCUT2D eigenvalue weighted by Crippen LogP contribution is 2.21. The van der Waals surface area contributed by atoms with E-state index in [9.17, 15) is 0 Å². The second-order valence-electron chi connectivity index (χ2n) is 5.45. The van der Waals surface area contributed by atoms with Crippen LogP contribution in [0.5, 0.6) is 0 Å². The van der Waals surface area contributed by atoms with Crippen LogP contribution in [0.1, 0.15) is 22.6 Å². The fourth-order valence-electron chi connectivity index (χ4n) is 2.67. The quantitative estimate of drug-likeness (QED) is 0.801. The maximum atomic E-state index is 4.50. The van der Waals surface area contributed by atoms with Gasteiger partial charge in [-0.1, -0.05) is 0 Å². The molecule has 3 heterocycles. The van der Waals surface area contributed by atoms with Crippen LogP contribution in [0.25, 0.3) is 11.0 Å². The Kier molecular flexibility index (Phi) is 3.16. The van der Waals surface area contributed by atoms with Crippen LogP contribution in [0.2, 0.25) is 0 Å². The smallest absolute Gasteiger partial charge is 0.157 e. The Bertz CT molecular complexity index is 811. The standard InChI is InChI=1S/C15H20N6/c1-9-13-6-12(8-17-15(13)21(5)18-9)7-16-14-10(2)19-20(4)11(14)3/h6,8,16H,7H2,1-5H3. The van der Waals surface area contributed by atoms with Gasteiger partial charge in [-0.05, 0) is 32.4 Å². The summed E-state index contributed by atoms with van der Waals surface area (Å²) in [6.45, 7) is 6.82. The fraction of sp³-hybridized carbons (Fsp3) is 0.400. The van der Waals surface area contributed by atoms with Crippen LogP contribution in [0.3, 0.4) is 0 Å². The summed E-state index contributed by atoms with van der Waals surface area (Å²) in [5.74, 6) is 0. The molecule has 0 radical (unpaired) electrons. The highest BCUT2D eigenvalue weighted by Gasteiger charge is 2.10. The van der Waals surface area contributed by atoms with Crippen molar-refractivity contribution in [1.29, 1.82) is 0 Å². The second kappa shape index (κ2) is 4.87. The van der Waals surface area contributed by atoms with Crippen LogP contribution >= 0.6 is 0 Å². The number of hydrogen-bond acceptors (Lipinski definition) is 4. The molecule has 21 heavy (non-hydrogen) atoms. The lowest BCUT2D eigenvalue weighted by atomic mass is 10.2. The summed E-state index contributed by atoms with van der Waals surface area (Å²) in [6.07, 6.45) is 1.90. The molecule has 6 heteroatoms. The molecule has 0 saturated heterocycles. The number of nitrogens with zero attached hydrogens (tertiary/aromatic N) is 5. The first-order valence-corrected chi connectivity index (χ1v) is 6.99. The van der Waals surface area contributed by atoms with Gasteiger partial charge in [0.05, 0.1) is 22.8 Å². The lowest BCUT2D eigenvalue weighted by Gasteiger charge is -2.07. The van der Waals surface area contributed by atoms with Gasteiger partial charge in [0.25, 0.3) is 0 Å². The van der Waals surface area contributed by atoms with Gasteiger partial charge in [-0.15, -0.1) is 0 Å². The number of hydrogen-bond donors (Lipinski definition) is 1. The van der Waals surface area contributed by atoms with E-state index in [1.807, 2.05) is 43.5 Å². The molecule has 0 amide bonds. The molecule has 3 rings (SSSR count). The average Bonchev–Trinajstić information content (AvgIpc) is 2.86. The molecule has 0 aliphatic heterocycles. The van der Waals surface area contributed by atoms with Crippen LogP contribution in [-0.2, 0) is 20.6 Å². The topological polar surface area (TPSA) is 60.6 Å². The first-order valence-electron chi connectivity index (χ1n) is 6.99. The number of aryl methyl sites for hydroxylation is 4. The lowest BCUT2D eigenvalue weighted by Crippen LogP contribution is -2.02. The number of rotatable bonds is 3. The molecule has 0 aliphatic rings. The molecule has 3 aromatic rings. The minimum atomic E-state index is 0.727. The number of pyridine rings is 1. The molecule has 0 aliphatic carbocycles. The molecule has 0 spiro atoms. The summed E-state index contributed by atoms with van der Waals surface area (Å²) >= 11 is 0. The largest absolute Gasteiger partial charge is 0.378 e. The van der Waals surface area contributed by atoms with Gasteiger partial charge in [-0.2, -0.15) is 10.2 Å². The Morgan fingerprint density at radius 2 is 1.76 bits per heavy atom. The lowest BCUT2D eigenvalue weighted by molar-refractivity contribution is 0.731. The Balaban J connectivity index is 1.87. The van der Waals surface area contributed by atoms with Crippen molar-refractivity contribution >= 4 is 16.7 Å². The summed E-state index contributed by atoms with van der Waals surface area (Å²) in [6, 6.07) is 2.15. The predicted octanol–water partition coefficient (Wildman–Crippen LogP) is 2.24. The molecule has 1 N–H and O–H groups in total. The monoisotopic (exact) mass is 284 g/mol. The SMILES string of the molecule is Cc1nn(C)c(C)c1NCc1cnc2c(c1)c(C)nn2C. The van der Waals surface area contributed by atoms with E-state index >= 15 is 0 Å². The van der Waals surface area contributed by atoms with Gasteiger partial charge in [0, 0.05) is 32.2 Å². The molecule has 3 aromatic heterocycles. The molecule has 0 bridgehead atoms. The Hall–Kier alpha value is -2.37. The van der Waals surface area contributed by atoms with Gasteiger partial charge in [-0.3, -0.25) is 9.36 Å². The summed E-state index contributed by atoms with van der Waals surface area (Å²) in [5.41, 5.74) is 6.32. The number of anilines is 1. The van der Waals surface area contributed by atoms with E-state index in [0.29, 0.717) is 0 Å². The molecule has 110 valence electrons. The normalized spacial score (nSPS) is 11.3. The molecule has 6 nitrogen and oxygen atoms in total. The first-order chi connectivity index (χ1) is 9.97. The number of fused-ring (bicyclic) bond motifs is 1. The molecule has 0 saturated carbocycles. The third kappa shape index (κ3) is 2.26. The zero-order valence-corrected chi connectivity index (χ0v) is 13.1. The van der Waals surface area contributed by atoms with Crippen LogP contribution in [0, 0.1) is 20.8 Å². The third-order valence-corrected chi connectivity index (χ3v) is 3.90. The van der Waals surface area contributed by atoms with Crippen LogP contribution in [0.4, 0.5) is 5.69 Å². The minimum Gasteiger partial charge on any atom is -0.378 e. The Morgan fingerprint density at radius 3 is 2.43 bits per heavy atom. The van der Waals surface area contributed by atoms with Crippen molar-refractivity contribution in [2.24, 2.45) is 14.1 Å².